The molecule has 0 saturated carbocycles. The monoisotopic (exact) mass is 536 g/mol. The molecule has 0 aliphatic heterocycles. The second kappa shape index (κ2) is 11.1. The van der Waals surface area contributed by atoms with Gasteiger partial charge in [0, 0.05) is 36.1 Å². The third-order valence-corrected chi connectivity index (χ3v) is 10.9. The van der Waals surface area contributed by atoms with Crippen LogP contribution < -0.4 is 0 Å². The predicted molar refractivity (Wildman–Crippen MR) is 144 cm³/mol. The zero-order valence-corrected chi connectivity index (χ0v) is 22.5. The summed E-state index contributed by atoms with van der Waals surface area (Å²) in [5.41, 5.74) is 2.35. The molecule has 4 heterocycles. The molecule has 0 fully saturated rings. The van der Waals surface area contributed by atoms with E-state index in [0.717, 1.165) is 9.75 Å². The maximum atomic E-state index is 11.9. The van der Waals surface area contributed by atoms with Crippen LogP contribution in [0.3, 0.4) is 0 Å². The SMILES string of the molecule is COCCOC(=O)/C=C/c1sc2c(sc3c4sc(/C=C/C(=O)OCCOC)c(C)c4sc23)c1C. The number of esters is 2. The maximum Gasteiger partial charge on any atom is 0.330 e. The van der Waals surface area contributed by atoms with E-state index in [0.29, 0.717) is 13.2 Å². The highest BCUT2D eigenvalue weighted by molar-refractivity contribution is 7.44. The van der Waals surface area contributed by atoms with E-state index in [1.54, 1.807) is 59.6 Å². The lowest BCUT2D eigenvalue weighted by Gasteiger charge is -1.99. The van der Waals surface area contributed by atoms with E-state index in [1.807, 2.05) is 12.2 Å². The van der Waals surface area contributed by atoms with Gasteiger partial charge in [-0.15, -0.1) is 45.3 Å². The number of thiophene rings is 4. The number of hydrogen-bond acceptors (Lipinski definition) is 10. The number of ether oxygens (including phenoxy) is 4. The van der Waals surface area contributed by atoms with Crippen LogP contribution in [0.2, 0.25) is 0 Å². The van der Waals surface area contributed by atoms with Gasteiger partial charge in [0.2, 0.25) is 0 Å². The van der Waals surface area contributed by atoms with Gasteiger partial charge in [-0.1, -0.05) is 0 Å². The highest BCUT2D eigenvalue weighted by atomic mass is 32.1. The number of methoxy groups -OCH3 is 2. The maximum absolute atomic E-state index is 11.9. The summed E-state index contributed by atoms with van der Waals surface area (Å²) in [4.78, 5) is 25.9. The fourth-order valence-electron chi connectivity index (χ4n) is 3.32. The van der Waals surface area contributed by atoms with Crippen LogP contribution in [-0.2, 0) is 28.5 Å². The Morgan fingerprint density at radius 3 is 1.38 bits per heavy atom. The molecule has 0 aromatic carbocycles. The van der Waals surface area contributed by atoms with Crippen LogP contribution in [0.4, 0.5) is 0 Å². The molecule has 4 aromatic rings. The topological polar surface area (TPSA) is 71.1 Å². The van der Waals surface area contributed by atoms with Crippen molar-refractivity contribution in [2.45, 2.75) is 13.8 Å². The lowest BCUT2D eigenvalue weighted by molar-refractivity contribution is -0.139. The summed E-state index contributed by atoms with van der Waals surface area (Å²) in [5, 5.41) is 0. The number of aryl methyl sites for hydroxylation is 2. The lowest BCUT2D eigenvalue weighted by Crippen LogP contribution is -2.06. The number of carbonyl (C=O) groups excluding carboxylic acids is 2. The summed E-state index contributed by atoms with van der Waals surface area (Å²) < 4.78 is 27.6. The smallest absolute Gasteiger partial charge is 0.330 e. The third-order valence-electron chi connectivity index (χ3n) is 5.09. The summed E-state index contributed by atoms with van der Waals surface area (Å²) in [6.07, 6.45) is 6.63. The molecule has 34 heavy (non-hydrogen) atoms. The fraction of sp³-hybridized carbons (Fsp3) is 0.333. The van der Waals surface area contributed by atoms with Crippen molar-refractivity contribution in [3.05, 3.63) is 33.0 Å². The van der Waals surface area contributed by atoms with Gasteiger partial charge in [-0.05, 0) is 37.1 Å². The molecule has 0 amide bonds. The van der Waals surface area contributed by atoms with Crippen molar-refractivity contribution in [2.75, 3.05) is 40.6 Å². The van der Waals surface area contributed by atoms with Crippen molar-refractivity contribution in [3.63, 3.8) is 0 Å². The Labute approximate surface area is 213 Å². The molecule has 0 aliphatic rings. The lowest BCUT2D eigenvalue weighted by atomic mass is 10.2. The molecule has 0 spiro atoms. The van der Waals surface area contributed by atoms with Crippen molar-refractivity contribution in [3.8, 4) is 0 Å². The van der Waals surface area contributed by atoms with E-state index in [4.69, 9.17) is 18.9 Å². The van der Waals surface area contributed by atoms with Gasteiger partial charge in [-0.2, -0.15) is 0 Å². The molecule has 4 aromatic heterocycles. The fourth-order valence-corrected chi connectivity index (χ4v) is 9.17. The van der Waals surface area contributed by atoms with E-state index in [2.05, 4.69) is 13.8 Å². The van der Waals surface area contributed by atoms with Crippen LogP contribution >= 0.6 is 45.3 Å². The van der Waals surface area contributed by atoms with Gasteiger partial charge in [0.25, 0.3) is 0 Å². The molecule has 0 unspecified atom stereocenters. The number of fused-ring (bicyclic) bond motifs is 5. The zero-order valence-electron chi connectivity index (χ0n) is 19.2. The van der Waals surface area contributed by atoms with Crippen LogP contribution in [-0.4, -0.2) is 52.6 Å². The summed E-state index contributed by atoms with van der Waals surface area (Å²) in [5.74, 6) is -0.734. The molecule has 0 radical (unpaired) electrons. The standard InChI is InChI=1S/C24H24O6S4/c1-13-15(5-7-17(25)29-11-9-27-3)31-21-19(13)33-24-22-20(34-23(21)24)14(2)16(32-22)6-8-18(26)30-12-10-28-4/h5-8H,9-12H2,1-4H3/b7-5+,8-6+. The summed E-state index contributed by atoms with van der Waals surface area (Å²) in [6, 6.07) is 0. The van der Waals surface area contributed by atoms with E-state index in [1.165, 1.54) is 51.5 Å². The summed E-state index contributed by atoms with van der Waals surface area (Å²) in [6.45, 7) is 5.45. The van der Waals surface area contributed by atoms with E-state index >= 15 is 0 Å². The van der Waals surface area contributed by atoms with Gasteiger partial charge in [-0.3, -0.25) is 0 Å². The van der Waals surface area contributed by atoms with Gasteiger partial charge in [0.15, 0.2) is 0 Å². The normalized spacial score (nSPS) is 12.2. The molecule has 180 valence electrons. The minimum atomic E-state index is -0.367. The largest absolute Gasteiger partial charge is 0.460 e. The Kier molecular flexibility index (Phi) is 8.18. The average Bonchev–Trinajstić information content (AvgIpc) is 3.51. The van der Waals surface area contributed by atoms with Crippen LogP contribution in [0, 0.1) is 13.8 Å². The number of hydrogen-bond donors (Lipinski definition) is 0. The molecule has 0 N–H and O–H groups in total. The summed E-state index contributed by atoms with van der Waals surface area (Å²) >= 11 is 6.99. The van der Waals surface area contributed by atoms with Crippen LogP contribution in [0.15, 0.2) is 12.2 Å². The van der Waals surface area contributed by atoms with Crippen molar-refractivity contribution in [1.82, 2.24) is 0 Å². The molecular weight excluding hydrogens is 513 g/mol. The van der Waals surface area contributed by atoms with Crippen molar-refractivity contribution in [2.24, 2.45) is 0 Å². The Hall–Kier alpha value is -2.08. The molecular formula is C24H24O6S4. The van der Waals surface area contributed by atoms with E-state index in [-0.39, 0.29) is 25.2 Å². The van der Waals surface area contributed by atoms with E-state index < -0.39 is 0 Å². The van der Waals surface area contributed by atoms with Gasteiger partial charge < -0.3 is 18.9 Å². The molecule has 6 nitrogen and oxygen atoms in total. The van der Waals surface area contributed by atoms with E-state index in [9.17, 15) is 9.59 Å². The second-order valence-electron chi connectivity index (χ2n) is 7.35. The molecule has 0 bridgehead atoms. The van der Waals surface area contributed by atoms with Gasteiger partial charge in [-0.25, -0.2) is 9.59 Å². The minimum absolute atomic E-state index is 0.246. The van der Waals surface area contributed by atoms with Crippen LogP contribution in [0.1, 0.15) is 20.9 Å². The van der Waals surface area contributed by atoms with Gasteiger partial charge >= 0.3 is 11.9 Å². The Morgan fingerprint density at radius 2 is 1.00 bits per heavy atom. The molecule has 0 atom stereocenters. The number of rotatable bonds is 10. The Morgan fingerprint density at radius 1 is 0.618 bits per heavy atom. The first-order valence-corrected chi connectivity index (χ1v) is 13.8. The second-order valence-corrected chi connectivity index (χ2v) is 11.5. The molecule has 0 aliphatic carbocycles. The first kappa shape index (κ1) is 25.0. The molecule has 0 saturated heterocycles. The van der Waals surface area contributed by atoms with Crippen LogP contribution in [0.25, 0.3) is 40.4 Å². The molecule has 10 heteroatoms. The summed E-state index contributed by atoms with van der Waals surface area (Å²) in [7, 11) is 3.14. The predicted octanol–water partition coefficient (Wildman–Crippen LogP) is 6.41. The zero-order chi connectivity index (χ0) is 24.2. The van der Waals surface area contributed by atoms with Crippen molar-refractivity contribution < 1.29 is 28.5 Å². The quantitative estimate of drug-likeness (QED) is 0.132. The molecule has 4 rings (SSSR count). The highest BCUT2D eigenvalue weighted by Gasteiger charge is 2.20. The van der Waals surface area contributed by atoms with Crippen molar-refractivity contribution in [1.29, 1.82) is 0 Å². The van der Waals surface area contributed by atoms with Gasteiger partial charge in [0.05, 0.1) is 41.4 Å². The first-order chi connectivity index (χ1) is 16.4. The Bertz CT molecular complexity index is 1290. The Balaban J connectivity index is 1.58. The first-order valence-electron chi connectivity index (χ1n) is 10.5. The highest BCUT2D eigenvalue weighted by Crippen LogP contribution is 2.52. The minimum Gasteiger partial charge on any atom is -0.460 e. The van der Waals surface area contributed by atoms with Crippen LogP contribution in [0.5, 0.6) is 0 Å². The van der Waals surface area contributed by atoms with Gasteiger partial charge in [0.1, 0.15) is 13.2 Å². The van der Waals surface area contributed by atoms with Crippen molar-refractivity contribution >= 4 is 97.6 Å². The number of carbonyl (C=O) groups is 2. The third kappa shape index (κ3) is 5.12. The average molecular weight is 537 g/mol.